The Morgan fingerprint density at radius 3 is 2.70 bits per heavy atom. The SMILES string of the molecule is CCC1CCC(Oc2cccc3c2CCCC3N)CC1. The van der Waals surface area contributed by atoms with Crippen molar-refractivity contribution in [1.29, 1.82) is 0 Å². The third-order valence-electron chi connectivity index (χ3n) is 5.18. The zero-order valence-electron chi connectivity index (χ0n) is 12.6. The van der Waals surface area contributed by atoms with Gasteiger partial charge in [-0.25, -0.2) is 0 Å². The summed E-state index contributed by atoms with van der Waals surface area (Å²) in [6, 6.07) is 6.64. The first-order valence-corrected chi connectivity index (χ1v) is 8.32. The van der Waals surface area contributed by atoms with E-state index >= 15 is 0 Å². The van der Waals surface area contributed by atoms with Gasteiger partial charge in [0.1, 0.15) is 5.75 Å². The van der Waals surface area contributed by atoms with Crippen molar-refractivity contribution in [3.05, 3.63) is 29.3 Å². The lowest BCUT2D eigenvalue weighted by molar-refractivity contribution is 0.128. The van der Waals surface area contributed by atoms with Gasteiger partial charge in [0.25, 0.3) is 0 Å². The van der Waals surface area contributed by atoms with Crippen LogP contribution in [0.1, 0.15) is 69.0 Å². The van der Waals surface area contributed by atoms with Crippen molar-refractivity contribution in [2.75, 3.05) is 0 Å². The molecule has 0 aliphatic heterocycles. The number of ether oxygens (including phenoxy) is 1. The maximum Gasteiger partial charge on any atom is 0.123 e. The Kier molecular flexibility index (Phi) is 4.30. The first-order chi connectivity index (χ1) is 9.78. The highest BCUT2D eigenvalue weighted by molar-refractivity contribution is 5.43. The summed E-state index contributed by atoms with van der Waals surface area (Å²) in [6.07, 6.45) is 10.3. The molecule has 1 fully saturated rings. The van der Waals surface area contributed by atoms with Gasteiger partial charge >= 0.3 is 0 Å². The van der Waals surface area contributed by atoms with E-state index in [9.17, 15) is 0 Å². The van der Waals surface area contributed by atoms with Gasteiger partial charge in [0, 0.05) is 6.04 Å². The van der Waals surface area contributed by atoms with Crippen molar-refractivity contribution in [2.24, 2.45) is 11.7 Å². The van der Waals surface area contributed by atoms with E-state index in [0.29, 0.717) is 6.10 Å². The number of hydrogen-bond donors (Lipinski definition) is 1. The fourth-order valence-corrected chi connectivity index (χ4v) is 3.80. The number of hydrogen-bond acceptors (Lipinski definition) is 2. The molecule has 2 aliphatic rings. The molecule has 110 valence electrons. The molecule has 2 heteroatoms. The standard InChI is InChI=1S/C18H27NO/c1-2-13-9-11-14(12-10-13)20-18-8-4-5-15-16(18)6-3-7-17(15)19/h4-5,8,13-14,17H,2-3,6-7,9-12,19H2,1H3. The maximum atomic E-state index is 6.34. The summed E-state index contributed by atoms with van der Waals surface area (Å²) >= 11 is 0. The van der Waals surface area contributed by atoms with E-state index in [0.717, 1.165) is 24.5 Å². The third-order valence-corrected chi connectivity index (χ3v) is 5.18. The smallest absolute Gasteiger partial charge is 0.123 e. The monoisotopic (exact) mass is 273 g/mol. The molecule has 20 heavy (non-hydrogen) atoms. The summed E-state index contributed by atoms with van der Waals surface area (Å²) in [5.74, 6) is 2.03. The van der Waals surface area contributed by atoms with Crippen LogP contribution in [0.2, 0.25) is 0 Å². The van der Waals surface area contributed by atoms with Crippen LogP contribution in [0.25, 0.3) is 0 Å². The summed E-state index contributed by atoms with van der Waals surface area (Å²) in [5, 5.41) is 0. The van der Waals surface area contributed by atoms with Crippen molar-refractivity contribution in [3.63, 3.8) is 0 Å². The molecule has 0 saturated heterocycles. The summed E-state index contributed by atoms with van der Waals surface area (Å²) in [5.41, 5.74) is 8.92. The molecule has 0 heterocycles. The first kappa shape index (κ1) is 13.9. The Bertz CT molecular complexity index is 449. The maximum absolute atomic E-state index is 6.34. The number of nitrogens with two attached hydrogens (primary N) is 1. The van der Waals surface area contributed by atoms with Gasteiger partial charge in [0.05, 0.1) is 6.10 Å². The van der Waals surface area contributed by atoms with Gasteiger partial charge in [-0.2, -0.15) is 0 Å². The topological polar surface area (TPSA) is 35.2 Å². The molecule has 2 N–H and O–H groups in total. The lowest BCUT2D eigenvalue weighted by atomic mass is 9.85. The van der Waals surface area contributed by atoms with E-state index in [1.54, 1.807) is 0 Å². The minimum absolute atomic E-state index is 0.207. The van der Waals surface area contributed by atoms with Crippen molar-refractivity contribution < 1.29 is 4.74 Å². The Balaban J connectivity index is 1.71. The van der Waals surface area contributed by atoms with Crippen molar-refractivity contribution in [2.45, 2.75) is 70.4 Å². The molecule has 1 aromatic rings. The molecule has 0 aromatic heterocycles. The molecule has 2 aliphatic carbocycles. The molecule has 3 rings (SSSR count). The van der Waals surface area contributed by atoms with E-state index in [1.165, 1.54) is 49.7 Å². The summed E-state index contributed by atoms with van der Waals surface area (Å²) in [7, 11) is 0. The summed E-state index contributed by atoms with van der Waals surface area (Å²) < 4.78 is 6.34. The second-order valence-electron chi connectivity index (χ2n) is 6.49. The molecule has 2 nitrogen and oxygen atoms in total. The summed E-state index contributed by atoms with van der Waals surface area (Å²) in [6.45, 7) is 2.31. The molecule has 0 spiro atoms. The van der Waals surface area contributed by atoms with E-state index in [2.05, 4.69) is 25.1 Å². The molecule has 1 atom stereocenters. The van der Waals surface area contributed by atoms with Crippen LogP contribution in [-0.4, -0.2) is 6.10 Å². The second kappa shape index (κ2) is 6.17. The number of benzene rings is 1. The Morgan fingerprint density at radius 2 is 1.95 bits per heavy atom. The highest BCUT2D eigenvalue weighted by Gasteiger charge is 2.24. The van der Waals surface area contributed by atoms with Gasteiger partial charge in [-0.1, -0.05) is 25.5 Å². The van der Waals surface area contributed by atoms with Crippen LogP contribution in [-0.2, 0) is 6.42 Å². The average Bonchev–Trinajstić information content (AvgIpc) is 2.49. The molecule has 1 aromatic carbocycles. The fourth-order valence-electron chi connectivity index (χ4n) is 3.80. The van der Waals surface area contributed by atoms with Gasteiger partial charge in [0.15, 0.2) is 0 Å². The zero-order chi connectivity index (χ0) is 13.9. The van der Waals surface area contributed by atoms with Crippen LogP contribution >= 0.6 is 0 Å². The molecule has 1 saturated carbocycles. The first-order valence-electron chi connectivity index (χ1n) is 8.32. The highest BCUT2D eigenvalue weighted by Crippen LogP contribution is 2.36. The largest absolute Gasteiger partial charge is 0.490 e. The number of rotatable bonds is 3. The van der Waals surface area contributed by atoms with Gasteiger partial charge < -0.3 is 10.5 Å². The van der Waals surface area contributed by atoms with E-state index in [1.807, 2.05) is 0 Å². The van der Waals surface area contributed by atoms with Crippen LogP contribution in [0.4, 0.5) is 0 Å². The van der Waals surface area contributed by atoms with Gasteiger partial charge in [0.2, 0.25) is 0 Å². The zero-order valence-corrected chi connectivity index (χ0v) is 12.6. The van der Waals surface area contributed by atoms with Crippen molar-refractivity contribution in [3.8, 4) is 5.75 Å². The minimum Gasteiger partial charge on any atom is -0.490 e. The van der Waals surface area contributed by atoms with Gasteiger partial charge in [-0.3, -0.25) is 0 Å². The fraction of sp³-hybridized carbons (Fsp3) is 0.667. The minimum atomic E-state index is 0.207. The normalized spacial score (nSPS) is 29.8. The van der Waals surface area contributed by atoms with Crippen LogP contribution in [0.5, 0.6) is 5.75 Å². The Morgan fingerprint density at radius 1 is 1.15 bits per heavy atom. The van der Waals surface area contributed by atoms with Crippen LogP contribution in [0.15, 0.2) is 18.2 Å². The van der Waals surface area contributed by atoms with Crippen molar-refractivity contribution >= 4 is 0 Å². The second-order valence-corrected chi connectivity index (χ2v) is 6.49. The highest BCUT2D eigenvalue weighted by atomic mass is 16.5. The van der Waals surface area contributed by atoms with Gasteiger partial charge in [-0.05, 0) is 68.1 Å². The Labute approximate surface area is 122 Å². The summed E-state index contributed by atoms with van der Waals surface area (Å²) in [4.78, 5) is 0. The molecule has 0 radical (unpaired) electrons. The predicted molar refractivity (Wildman–Crippen MR) is 83.0 cm³/mol. The third kappa shape index (κ3) is 2.85. The van der Waals surface area contributed by atoms with E-state index in [4.69, 9.17) is 10.5 Å². The molecule has 0 bridgehead atoms. The van der Waals surface area contributed by atoms with Gasteiger partial charge in [-0.15, -0.1) is 0 Å². The van der Waals surface area contributed by atoms with Crippen LogP contribution < -0.4 is 10.5 Å². The predicted octanol–water partition coefficient (Wildman–Crippen LogP) is 4.37. The molecular weight excluding hydrogens is 246 g/mol. The van der Waals surface area contributed by atoms with Crippen LogP contribution in [0.3, 0.4) is 0 Å². The Hall–Kier alpha value is -1.02. The number of fused-ring (bicyclic) bond motifs is 1. The molecule has 0 amide bonds. The van der Waals surface area contributed by atoms with E-state index in [-0.39, 0.29) is 6.04 Å². The van der Waals surface area contributed by atoms with Crippen LogP contribution in [0, 0.1) is 5.92 Å². The molecule has 1 unspecified atom stereocenters. The van der Waals surface area contributed by atoms with Crippen molar-refractivity contribution in [1.82, 2.24) is 0 Å². The molecular formula is C18H27NO. The lowest BCUT2D eigenvalue weighted by Gasteiger charge is -2.31. The average molecular weight is 273 g/mol. The quantitative estimate of drug-likeness (QED) is 0.887. The van der Waals surface area contributed by atoms with E-state index < -0.39 is 0 Å². The lowest BCUT2D eigenvalue weighted by Crippen LogP contribution is -2.25.